The highest BCUT2D eigenvalue weighted by Crippen LogP contribution is 2.33. The van der Waals surface area contributed by atoms with E-state index in [4.69, 9.17) is 9.57 Å². The Labute approximate surface area is 249 Å². The molecule has 0 bridgehead atoms. The Bertz CT molecular complexity index is 1170. The van der Waals surface area contributed by atoms with Gasteiger partial charge in [-0.2, -0.15) is 5.06 Å². The fourth-order valence-electron chi connectivity index (χ4n) is 5.16. The van der Waals surface area contributed by atoms with Crippen LogP contribution in [0, 0.1) is 0 Å². The van der Waals surface area contributed by atoms with Gasteiger partial charge in [0.05, 0.1) is 25.5 Å². The highest BCUT2D eigenvalue weighted by atomic mass is 16.7. The maximum atomic E-state index is 12.0. The number of likely N-dealkylation sites (tertiary alicyclic amines) is 1. The summed E-state index contributed by atoms with van der Waals surface area (Å²) >= 11 is 0. The molecule has 42 heavy (non-hydrogen) atoms. The van der Waals surface area contributed by atoms with Gasteiger partial charge in [0.2, 0.25) is 11.8 Å². The molecule has 230 valence electrons. The molecule has 5 rings (SSSR count). The van der Waals surface area contributed by atoms with Crippen LogP contribution in [0.25, 0.3) is 0 Å². The van der Waals surface area contributed by atoms with Gasteiger partial charge in [0.1, 0.15) is 24.2 Å². The standard InChI is InChI=1S/C15H20N2O4.C14H20N4O.C2H6/c1-10-13-6-5-12(19)8-11(13)9-17(21-10)14(4-3-7-18)15(20)16-2;1-19-14-5-4-13(9-15-14)18-11-12(8-16-18)10-17-6-2-3-7-17;1-2/h5-8,10,14,19H,3-4,9H2,1-2H3,(H,16,20);4-5,9,11,16H,2-3,6-8,10H2,1H3;1-2H3. The summed E-state index contributed by atoms with van der Waals surface area (Å²) in [6, 6.07) is 8.49. The number of fused-ring (bicyclic) bond motifs is 1. The van der Waals surface area contributed by atoms with Crippen molar-refractivity contribution in [3.8, 4) is 11.6 Å². The zero-order valence-electron chi connectivity index (χ0n) is 25.5. The molecule has 3 N–H and O–H groups in total. The average molecular weight is 583 g/mol. The molecule has 1 amide bonds. The predicted molar refractivity (Wildman–Crippen MR) is 163 cm³/mol. The van der Waals surface area contributed by atoms with Gasteiger partial charge in [-0.15, -0.1) is 0 Å². The van der Waals surface area contributed by atoms with E-state index in [9.17, 15) is 14.7 Å². The van der Waals surface area contributed by atoms with Crippen molar-refractivity contribution in [3.63, 3.8) is 0 Å². The number of phenols is 1. The Hall–Kier alpha value is -3.51. The largest absolute Gasteiger partial charge is 0.508 e. The minimum atomic E-state index is -0.529. The quantitative estimate of drug-likeness (QED) is 0.378. The van der Waals surface area contributed by atoms with E-state index in [1.807, 2.05) is 50.2 Å². The molecule has 2 aromatic rings. The van der Waals surface area contributed by atoms with Gasteiger partial charge >= 0.3 is 0 Å². The number of carbonyl (C=O) groups is 2. The van der Waals surface area contributed by atoms with Crippen LogP contribution in [-0.4, -0.2) is 78.6 Å². The van der Waals surface area contributed by atoms with E-state index < -0.39 is 6.04 Å². The summed E-state index contributed by atoms with van der Waals surface area (Å²) in [6.45, 7) is 10.8. The lowest BCUT2D eigenvalue weighted by Crippen LogP contribution is -2.47. The van der Waals surface area contributed by atoms with Gasteiger partial charge in [-0.3, -0.25) is 19.5 Å². The number of aromatic hydroxyl groups is 1. The van der Waals surface area contributed by atoms with Crippen LogP contribution in [0.4, 0.5) is 5.69 Å². The third-order valence-electron chi connectivity index (χ3n) is 7.26. The minimum Gasteiger partial charge on any atom is -0.508 e. The molecule has 1 aromatic carbocycles. The summed E-state index contributed by atoms with van der Waals surface area (Å²) in [5.41, 5.74) is 7.76. The molecule has 0 saturated carbocycles. The Morgan fingerprint density at radius 3 is 2.67 bits per heavy atom. The predicted octanol–water partition coefficient (Wildman–Crippen LogP) is 3.71. The lowest BCUT2D eigenvalue weighted by molar-refractivity contribution is -0.235. The number of rotatable bonds is 9. The van der Waals surface area contributed by atoms with Crippen LogP contribution in [0.15, 0.2) is 48.3 Å². The van der Waals surface area contributed by atoms with Crippen molar-refractivity contribution >= 4 is 17.9 Å². The van der Waals surface area contributed by atoms with E-state index in [-0.39, 0.29) is 17.8 Å². The molecule has 3 aliphatic rings. The lowest BCUT2D eigenvalue weighted by atomic mass is 10.00. The van der Waals surface area contributed by atoms with Crippen LogP contribution in [0.2, 0.25) is 0 Å². The molecule has 1 saturated heterocycles. The van der Waals surface area contributed by atoms with Crippen molar-refractivity contribution in [3.05, 3.63) is 59.4 Å². The van der Waals surface area contributed by atoms with Crippen LogP contribution in [-0.2, 0) is 21.0 Å². The molecular weight excluding hydrogens is 536 g/mol. The average Bonchev–Trinajstić information content (AvgIpc) is 3.71. The summed E-state index contributed by atoms with van der Waals surface area (Å²) in [5, 5.41) is 15.8. The van der Waals surface area contributed by atoms with Gasteiger partial charge in [0.15, 0.2) is 0 Å². The molecule has 0 spiro atoms. The van der Waals surface area contributed by atoms with Crippen LogP contribution in [0.1, 0.15) is 63.7 Å². The first-order valence-corrected chi connectivity index (χ1v) is 14.8. The van der Waals surface area contributed by atoms with Gasteiger partial charge in [0, 0.05) is 38.8 Å². The maximum absolute atomic E-state index is 12.0. The van der Waals surface area contributed by atoms with Crippen LogP contribution in [0.3, 0.4) is 0 Å². The molecule has 0 aliphatic carbocycles. The summed E-state index contributed by atoms with van der Waals surface area (Å²) in [4.78, 5) is 35.1. The first kappa shape index (κ1) is 33.0. The number of likely N-dealkylation sites (N-methyl/N-ethyl adjacent to an activating group) is 1. The second-order valence-corrected chi connectivity index (χ2v) is 10.1. The Kier molecular flexibility index (Phi) is 13.2. The Morgan fingerprint density at radius 2 is 2.02 bits per heavy atom. The second-order valence-electron chi connectivity index (χ2n) is 10.1. The van der Waals surface area contributed by atoms with E-state index in [1.165, 1.54) is 31.5 Å². The number of aldehydes is 1. The van der Waals surface area contributed by atoms with Crippen LogP contribution < -0.4 is 20.5 Å². The van der Waals surface area contributed by atoms with Crippen molar-refractivity contribution in [1.82, 2.24) is 25.7 Å². The fourth-order valence-corrected chi connectivity index (χ4v) is 5.16. The number of nitrogens with one attached hydrogen (secondary N) is 2. The van der Waals surface area contributed by atoms with Crippen LogP contribution in [0.5, 0.6) is 11.6 Å². The van der Waals surface area contributed by atoms with E-state index in [0.717, 1.165) is 36.2 Å². The summed E-state index contributed by atoms with van der Waals surface area (Å²) in [5.74, 6) is 0.643. The zero-order valence-corrected chi connectivity index (χ0v) is 25.5. The number of amides is 1. The van der Waals surface area contributed by atoms with Gasteiger partial charge in [-0.1, -0.05) is 19.9 Å². The molecule has 2 atom stereocenters. The smallest absolute Gasteiger partial charge is 0.239 e. The lowest BCUT2D eigenvalue weighted by Gasteiger charge is -2.36. The molecule has 1 aromatic heterocycles. The number of hydrogen-bond acceptors (Lipinski definition) is 10. The number of phenolic OH excluding ortho intramolecular Hbond substituents is 1. The van der Waals surface area contributed by atoms with E-state index in [0.29, 0.717) is 25.3 Å². The second kappa shape index (κ2) is 16.8. The van der Waals surface area contributed by atoms with Crippen LogP contribution >= 0.6 is 0 Å². The molecule has 2 unspecified atom stereocenters. The van der Waals surface area contributed by atoms with Gasteiger partial charge in [-0.25, -0.2) is 10.4 Å². The number of hydrazine groups is 1. The first-order valence-electron chi connectivity index (χ1n) is 14.8. The van der Waals surface area contributed by atoms with E-state index in [1.54, 1.807) is 31.4 Å². The number of benzene rings is 1. The number of carbonyl (C=O) groups excluding carboxylic acids is 2. The number of hydrogen-bond donors (Lipinski definition) is 3. The van der Waals surface area contributed by atoms with Crippen molar-refractivity contribution < 1.29 is 24.3 Å². The number of pyridine rings is 1. The highest BCUT2D eigenvalue weighted by Gasteiger charge is 2.32. The van der Waals surface area contributed by atoms with Gasteiger partial charge in [0.25, 0.3) is 0 Å². The summed E-state index contributed by atoms with van der Waals surface area (Å²) < 4.78 is 5.07. The molecule has 4 heterocycles. The maximum Gasteiger partial charge on any atom is 0.239 e. The minimum absolute atomic E-state index is 0.187. The normalized spacial score (nSPS) is 18.9. The third kappa shape index (κ3) is 8.99. The van der Waals surface area contributed by atoms with Gasteiger partial charge in [-0.05, 0) is 74.2 Å². The molecule has 0 radical (unpaired) electrons. The number of hydroxylamine groups is 2. The molecule has 3 aliphatic heterocycles. The summed E-state index contributed by atoms with van der Waals surface area (Å²) in [7, 11) is 3.19. The Balaban J connectivity index is 0.000000218. The topological polar surface area (TPSA) is 120 Å². The molecule has 11 heteroatoms. The van der Waals surface area contributed by atoms with E-state index >= 15 is 0 Å². The number of aromatic nitrogens is 1. The molecule has 1 fully saturated rings. The van der Waals surface area contributed by atoms with Crippen molar-refractivity contribution in [2.75, 3.05) is 45.3 Å². The molecular formula is C31H46N6O5. The third-order valence-corrected chi connectivity index (χ3v) is 7.26. The SMILES string of the molecule is CC.CNC(=O)C(CCC=O)N1Cc2cc(O)ccc2C(C)O1.COc1ccc(N2C=C(CN3CCCC3)CN2)cn1. The number of methoxy groups -OCH3 is 1. The first-order chi connectivity index (χ1) is 20.4. The van der Waals surface area contributed by atoms with E-state index in [2.05, 4.69) is 26.8 Å². The van der Waals surface area contributed by atoms with Crippen molar-refractivity contribution in [2.45, 2.75) is 65.1 Å². The van der Waals surface area contributed by atoms with Crippen molar-refractivity contribution in [2.24, 2.45) is 0 Å². The molecule has 11 nitrogen and oxygen atoms in total. The highest BCUT2D eigenvalue weighted by molar-refractivity contribution is 5.81. The van der Waals surface area contributed by atoms with Crippen molar-refractivity contribution in [1.29, 1.82) is 0 Å². The monoisotopic (exact) mass is 582 g/mol. The number of anilines is 1. The number of ether oxygens (including phenoxy) is 1. The number of nitrogens with zero attached hydrogens (tertiary/aromatic N) is 4. The Morgan fingerprint density at radius 1 is 1.26 bits per heavy atom. The fraction of sp³-hybridized carbons (Fsp3) is 0.516. The van der Waals surface area contributed by atoms with Gasteiger partial charge < -0.3 is 20.0 Å². The summed E-state index contributed by atoms with van der Waals surface area (Å²) in [6.07, 6.45) is 7.95. The zero-order chi connectivity index (χ0) is 30.5.